The first-order chi connectivity index (χ1) is 9.50. The molecule has 1 amide bonds. The summed E-state index contributed by atoms with van der Waals surface area (Å²) in [6, 6.07) is 1.06. The number of piperidine rings is 1. The van der Waals surface area contributed by atoms with Gasteiger partial charge in [-0.2, -0.15) is 5.10 Å². The number of nitrogens with zero attached hydrogens (tertiary/aromatic N) is 3. The lowest BCUT2D eigenvalue weighted by molar-refractivity contribution is -0.152. The molecule has 0 bridgehead atoms. The normalized spacial score (nSPS) is 23.2. The van der Waals surface area contributed by atoms with Crippen LogP contribution < -0.4 is 0 Å². The zero-order chi connectivity index (χ0) is 14.7. The topological polar surface area (TPSA) is 75.4 Å². The van der Waals surface area contributed by atoms with Gasteiger partial charge in [0.05, 0.1) is 5.69 Å². The van der Waals surface area contributed by atoms with Crippen LogP contribution in [0.2, 0.25) is 0 Å². The fourth-order valence-electron chi connectivity index (χ4n) is 2.61. The second-order valence-corrected chi connectivity index (χ2v) is 5.15. The Morgan fingerprint density at radius 1 is 1.50 bits per heavy atom. The van der Waals surface area contributed by atoms with E-state index in [9.17, 15) is 14.7 Å². The van der Waals surface area contributed by atoms with Gasteiger partial charge in [0, 0.05) is 25.9 Å². The number of carboxylic acid groups (broad SMARTS) is 1. The second kappa shape index (κ2) is 5.90. The lowest BCUT2D eigenvalue weighted by Crippen LogP contribution is -2.51. The molecule has 1 fully saturated rings. The van der Waals surface area contributed by atoms with E-state index in [0.29, 0.717) is 6.54 Å². The minimum absolute atomic E-state index is 0.0182. The molecule has 0 radical (unpaired) electrons. The van der Waals surface area contributed by atoms with Gasteiger partial charge in [0.15, 0.2) is 0 Å². The number of likely N-dealkylation sites (tertiary alicyclic amines) is 1. The Morgan fingerprint density at radius 3 is 2.85 bits per heavy atom. The van der Waals surface area contributed by atoms with Gasteiger partial charge in [0.1, 0.15) is 6.04 Å². The number of aromatic nitrogens is 2. The van der Waals surface area contributed by atoms with E-state index in [0.717, 1.165) is 18.5 Å². The highest BCUT2D eigenvalue weighted by Crippen LogP contribution is 2.23. The summed E-state index contributed by atoms with van der Waals surface area (Å²) < 4.78 is 1.65. The van der Waals surface area contributed by atoms with E-state index in [1.54, 1.807) is 30.1 Å². The van der Waals surface area contributed by atoms with Crippen molar-refractivity contribution in [1.82, 2.24) is 14.7 Å². The number of carboxylic acids is 1. The number of rotatable bonds is 3. The Bertz CT molecular complexity index is 536. The van der Waals surface area contributed by atoms with E-state index >= 15 is 0 Å². The summed E-state index contributed by atoms with van der Waals surface area (Å²) in [7, 11) is 1.78. The standard InChI is InChI=1S/C14H19N3O3/c1-10-4-3-9-17(13(10)14(19)20)12(18)6-5-11-7-8-15-16(11)2/h5-8,10,13H,3-4,9H2,1-2H3,(H,19,20)/b6-5+. The Morgan fingerprint density at radius 2 is 2.25 bits per heavy atom. The summed E-state index contributed by atoms with van der Waals surface area (Å²) in [5.41, 5.74) is 0.801. The van der Waals surface area contributed by atoms with Crippen molar-refractivity contribution < 1.29 is 14.7 Å². The summed E-state index contributed by atoms with van der Waals surface area (Å²) in [4.78, 5) is 25.0. The van der Waals surface area contributed by atoms with Crippen molar-refractivity contribution >= 4 is 18.0 Å². The molecule has 1 aromatic heterocycles. The van der Waals surface area contributed by atoms with Gasteiger partial charge in [0.2, 0.25) is 5.91 Å². The van der Waals surface area contributed by atoms with Crippen molar-refractivity contribution in [3.05, 3.63) is 24.0 Å². The Hall–Kier alpha value is -2.11. The van der Waals surface area contributed by atoms with E-state index in [2.05, 4.69) is 5.10 Å². The molecule has 1 saturated heterocycles. The fourth-order valence-corrected chi connectivity index (χ4v) is 2.61. The lowest BCUT2D eigenvalue weighted by atomic mass is 9.90. The number of aliphatic carboxylic acids is 1. The number of hydrogen-bond acceptors (Lipinski definition) is 3. The first-order valence-electron chi connectivity index (χ1n) is 6.70. The maximum atomic E-state index is 12.2. The number of hydrogen-bond donors (Lipinski definition) is 1. The molecule has 0 aliphatic carbocycles. The number of carbonyl (C=O) groups is 2. The van der Waals surface area contributed by atoms with Crippen molar-refractivity contribution in [2.45, 2.75) is 25.8 Å². The van der Waals surface area contributed by atoms with Gasteiger partial charge in [-0.15, -0.1) is 0 Å². The van der Waals surface area contributed by atoms with Gasteiger partial charge in [-0.25, -0.2) is 4.79 Å². The van der Waals surface area contributed by atoms with E-state index < -0.39 is 12.0 Å². The molecule has 0 aromatic carbocycles. The minimum Gasteiger partial charge on any atom is -0.480 e. The Labute approximate surface area is 117 Å². The highest BCUT2D eigenvalue weighted by atomic mass is 16.4. The lowest BCUT2D eigenvalue weighted by Gasteiger charge is -2.36. The molecule has 2 unspecified atom stereocenters. The molecule has 1 aliphatic heterocycles. The molecule has 6 heteroatoms. The third-order valence-electron chi connectivity index (χ3n) is 3.72. The van der Waals surface area contributed by atoms with Gasteiger partial charge >= 0.3 is 5.97 Å². The number of aryl methyl sites for hydroxylation is 1. The van der Waals surface area contributed by atoms with Crippen LogP contribution in [0.4, 0.5) is 0 Å². The van der Waals surface area contributed by atoms with Gasteiger partial charge in [-0.1, -0.05) is 6.92 Å². The maximum absolute atomic E-state index is 12.2. The SMILES string of the molecule is CC1CCCN(C(=O)/C=C/c2ccnn2C)C1C(=O)O. The average Bonchev–Trinajstić information content (AvgIpc) is 2.80. The van der Waals surface area contributed by atoms with Crippen LogP contribution in [0.5, 0.6) is 0 Å². The summed E-state index contributed by atoms with van der Waals surface area (Å²) >= 11 is 0. The highest BCUT2D eigenvalue weighted by molar-refractivity contribution is 5.94. The van der Waals surface area contributed by atoms with E-state index in [1.165, 1.54) is 11.0 Å². The van der Waals surface area contributed by atoms with Gasteiger partial charge in [-0.05, 0) is 30.9 Å². The van der Waals surface area contributed by atoms with E-state index in [4.69, 9.17) is 0 Å². The van der Waals surface area contributed by atoms with Crippen LogP contribution >= 0.6 is 0 Å². The van der Waals surface area contributed by atoms with Gasteiger partial charge in [-0.3, -0.25) is 9.48 Å². The molecule has 2 atom stereocenters. The van der Waals surface area contributed by atoms with Crippen LogP contribution in [0.25, 0.3) is 6.08 Å². The van der Waals surface area contributed by atoms with Crippen LogP contribution in [0.15, 0.2) is 18.3 Å². The quantitative estimate of drug-likeness (QED) is 0.841. The van der Waals surface area contributed by atoms with Crippen molar-refractivity contribution in [3.63, 3.8) is 0 Å². The van der Waals surface area contributed by atoms with Gasteiger partial charge < -0.3 is 10.0 Å². The molecule has 0 spiro atoms. The van der Waals surface area contributed by atoms with E-state index in [1.807, 2.05) is 6.92 Å². The molecule has 2 rings (SSSR count). The van der Waals surface area contributed by atoms with Crippen molar-refractivity contribution in [1.29, 1.82) is 0 Å². The summed E-state index contributed by atoms with van der Waals surface area (Å²) in [6.07, 6.45) is 6.41. The van der Waals surface area contributed by atoms with Crippen LogP contribution in [-0.4, -0.2) is 44.3 Å². The van der Waals surface area contributed by atoms with Gasteiger partial charge in [0.25, 0.3) is 0 Å². The third-order valence-corrected chi connectivity index (χ3v) is 3.72. The third kappa shape index (κ3) is 2.89. The number of carbonyl (C=O) groups excluding carboxylic acids is 1. The monoisotopic (exact) mass is 277 g/mol. The molecule has 1 N–H and O–H groups in total. The van der Waals surface area contributed by atoms with Crippen LogP contribution in [-0.2, 0) is 16.6 Å². The van der Waals surface area contributed by atoms with Crippen LogP contribution in [0.1, 0.15) is 25.5 Å². The zero-order valence-corrected chi connectivity index (χ0v) is 11.7. The van der Waals surface area contributed by atoms with Crippen molar-refractivity contribution in [2.24, 2.45) is 13.0 Å². The molecule has 0 saturated carbocycles. The van der Waals surface area contributed by atoms with Crippen LogP contribution in [0.3, 0.4) is 0 Å². The largest absolute Gasteiger partial charge is 0.480 e. The molecular formula is C14H19N3O3. The minimum atomic E-state index is -0.931. The first kappa shape index (κ1) is 14.3. The Kier molecular flexibility index (Phi) is 4.22. The summed E-state index contributed by atoms with van der Waals surface area (Å²) in [5, 5.41) is 13.3. The molecule has 1 aliphatic rings. The maximum Gasteiger partial charge on any atom is 0.326 e. The smallest absolute Gasteiger partial charge is 0.326 e. The molecule has 108 valence electrons. The van der Waals surface area contributed by atoms with E-state index in [-0.39, 0.29) is 11.8 Å². The predicted octanol–water partition coefficient (Wildman–Crippen LogP) is 1.15. The molecule has 6 nitrogen and oxygen atoms in total. The first-order valence-corrected chi connectivity index (χ1v) is 6.70. The zero-order valence-electron chi connectivity index (χ0n) is 11.7. The van der Waals surface area contributed by atoms with Crippen LogP contribution in [0, 0.1) is 5.92 Å². The second-order valence-electron chi connectivity index (χ2n) is 5.15. The molecular weight excluding hydrogens is 258 g/mol. The molecule has 1 aromatic rings. The Balaban J connectivity index is 2.13. The summed E-state index contributed by atoms with van der Waals surface area (Å²) in [5.74, 6) is -1.21. The average molecular weight is 277 g/mol. The molecule has 20 heavy (non-hydrogen) atoms. The highest BCUT2D eigenvalue weighted by Gasteiger charge is 2.36. The predicted molar refractivity (Wildman–Crippen MR) is 73.8 cm³/mol. The van der Waals surface area contributed by atoms with Crippen molar-refractivity contribution in [3.8, 4) is 0 Å². The fraction of sp³-hybridized carbons (Fsp3) is 0.500. The number of amides is 1. The van der Waals surface area contributed by atoms with Crippen molar-refractivity contribution in [2.75, 3.05) is 6.54 Å². The summed E-state index contributed by atoms with van der Waals surface area (Å²) in [6.45, 7) is 2.37. The molecule has 2 heterocycles.